The minimum atomic E-state index is -0.388. The van der Waals surface area contributed by atoms with E-state index < -0.39 is 0 Å². The minimum Gasteiger partial charge on any atom is -0.383 e. The largest absolute Gasteiger partial charge is 0.383 e. The minimum absolute atomic E-state index is 0.253. The first-order valence-corrected chi connectivity index (χ1v) is 5.77. The lowest BCUT2D eigenvalue weighted by Gasteiger charge is -2.13. The Morgan fingerprint density at radius 3 is 2.82 bits per heavy atom. The molecule has 0 bridgehead atoms. The Morgan fingerprint density at radius 2 is 2.12 bits per heavy atom. The molecule has 0 saturated carbocycles. The zero-order valence-corrected chi connectivity index (χ0v) is 10.3. The predicted molar refractivity (Wildman–Crippen MR) is 64.0 cm³/mol. The molecule has 1 rings (SSSR count). The first-order chi connectivity index (χ1) is 8.13. The van der Waals surface area contributed by atoms with Gasteiger partial charge in [-0.15, -0.1) is 0 Å². The Hall–Kier alpha value is -1.00. The van der Waals surface area contributed by atoms with Gasteiger partial charge in [0, 0.05) is 13.7 Å². The van der Waals surface area contributed by atoms with E-state index in [1.54, 1.807) is 7.11 Å². The smallest absolute Gasteiger partial charge is 0.126 e. The van der Waals surface area contributed by atoms with Crippen LogP contribution in [-0.2, 0) is 11.2 Å². The van der Waals surface area contributed by atoms with Crippen molar-refractivity contribution in [1.82, 2.24) is 5.32 Å². The standard InChI is InChI=1S/C13H19F2NO/c1-10(9-16-5-6-17-2)7-11-8-12(14)3-4-13(11)15/h3-4,8,10,16H,5-7,9H2,1-2H3. The molecule has 2 nitrogen and oxygen atoms in total. The van der Waals surface area contributed by atoms with Crippen molar-refractivity contribution in [2.24, 2.45) is 5.92 Å². The van der Waals surface area contributed by atoms with Crippen LogP contribution in [0.3, 0.4) is 0 Å². The van der Waals surface area contributed by atoms with Crippen molar-refractivity contribution in [3.8, 4) is 0 Å². The van der Waals surface area contributed by atoms with Crippen molar-refractivity contribution in [1.29, 1.82) is 0 Å². The molecule has 0 radical (unpaired) electrons. The van der Waals surface area contributed by atoms with E-state index in [9.17, 15) is 8.78 Å². The van der Waals surface area contributed by atoms with Gasteiger partial charge in [-0.25, -0.2) is 8.78 Å². The number of hydrogen-bond donors (Lipinski definition) is 1. The SMILES string of the molecule is COCCNCC(C)Cc1cc(F)ccc1F. The van der Waals surface area contributed by atoms with E-state index >= 15 is 0 Å². The van der Waals surface area contributed by atoms with E-state index in [0.29, 0.717) is 18.6 Å². The van der Waals surface area contributed by atoms with Gasteiger partial charge < -0.3 is 10.1 Å². The number of rotatable bonds is 7. The lowest BCUT2D eigenvalue weighted by molar-refractivity contribution is 0.198. The highest BCUT2D eigenvalue weighted by atomic mass is 19.1. The van der Waals surface area contributed by atoms with Gasteiger partial charge in [-0.05, 0) is 42.6 Å². The van der Waals surface area contributed by atoms with Gasteiger partial charge in [-0.3, -0.25) is 0 Å². The van der Waals surface area contributed by atoms with Gasteiger partial charge in [-0.1, -0.05) is 6.92 Å². The van der Waals surface area contributed by atoms with Crippen LogP contribution in [0.5, 0.6) is 0 Å². The molecular weight excluding hydrogens is 224 g/mol. The number of halogens is 2. The summed E-state index contributed by atoms with van der Waals surface area (Å²) in [4.78, 5) is 0. The number of nitrogens with one attached hydrogen (secondary N) is 1. The zero-order chi connectivity index (χ0) is 12.7. The van der Waals surface area contributed by atoms with Crippen LogP contribution < -0.4 is 5.32 Å². The average Bonchev–Trinajstić information content (AvgIpc) is 2.29. The van der Waals surface area contributed by atoms with Gasteiger partial charge in [0.15, 0.2) is 0 Å². The molecule has 0 amide bonds. The fourth-order valence-corrected chi connectivity index (χ4v) is 1.67. The van der Waals surface area contributed by atoms with Crippen molar-refractivity contribution in [2.75, 3.05) is 26.8 Å². The molecule has 0 fully saturated rings. The molecule has 0 aromatic heterocycles. The Balaban J connectivity index is 2.39. The Labute approximate surface area is 101 Å². The predicted octanol–water partition coefficient (Wildman–Crippen LogP) is 2.38. The summed E-state index contributed by atoms with van der Waals surface area (Å²) in [7, 11) is 1.65. The van der Waals surface area contributed by atoms with Crippen LogP contribution in [0.1, 0.15) is 12.5 Å². The summed E-state index contributed by atoms with van der Waals surface area (Å²) < 4.78 is 31.2. The van der Waals surface area contributed by atoms with E-state index in [1.165, 1.54) is 12.1 Å². The van der Waals surface area contributed by atoms with Gasteiger partial charge in [-0.2, -0.15) is 0 Å². The fraction of sp³-hybridized carbons (Fsp3) is 0.538. The summed E-state index contributed by atoms with van der Waals surface area (Å²) >= 11 is 0. The van der Waals surface area contributed by atoms with Crippen LogP contribution in [0.15, 0.2) is 18.2 Å². The van der Waals surface area contributed by atoms with E-state index in [0.717, 1.165) is 19.2 Å². The molecular formula is C13H19F2NO. The van der Waals surface area contributed by atoms with E-state index in [4.69, 9.17) is 4.74 Å². The molecule has 4 heteroatoms. The third kappa shape index (κ3) is 5.24. The fourth-order valence-electron chi connectivity index (χ4n) is 1.67. The third-order valence-corrected chi connectivity index (χ3v) is 2.55. The maximum Gasteiger partial charge on any atom is 0.126 e. The summed E-state index contributed by atoms with van der Waals surface area (Å²) in [6.45, 7) is 4.19. The second-order valence-corrected chi connectivity index (χ2v) is 4.24. The molecule has 0 spiro atoms. The lowest BCUT2D eigenvalue weighted by Crippen LogP contribution is -2.26. The summed E-state index contributed by atoms with van der Waals surface area (Å²) in [5.74, 6) is -0.473. The summed E-state index contributed by atoms with van der Waals surface area (Å²) in [6, 6.07) is 3.58. The monoisotopic (exact) mass is 243 g/mol. The maximum atomic E-state index is 13.4. The molecule has 0 aliphatic rings. The third-order valence-electron chi connectivity index (χ3n) is 2.55. The van der Waals surface area contributed by atoms with E-state index in [2.05, 4.69) is 5.32 Å². The topological polar surface area (TPSA) is 21.3 Å². The van der Waals surface area contributed by atoms with Crippen molar-refractivity contribution in [3.63, 3.8) is 0 Å². The number of ether oxygens (including phenoxy) is 1. The normalized spacial score (nSPS) is 12.7. The maximum absolute atomic E-state index is 13.4. The first kappa shape index (κ1) is 14.1. The van der Waals surface area contributed by atoms with Gasteiger partial charge in [0.1, 0.15) is 11.6 Å². The van der Waals surface area contributed by atoms with Crippen molar-refractivity contribution in [2.45, 2.75) is 13.3 Å². The van der Waals surface area contributed by atoms with Crippen LogP contribution >= 0.6 is 0 Å². The molecule has 0 aliphatic carbocycles. The summed E-state index contributed by atoms with van der Waals surface area (Å²) in [6.07, 6.45) is 0.531. The first-order valence-electron chi connectivity index (χ1n) is 5.77. The Morgan fingerprint density at radius 1 is 1.35 bits per heavy atom. The van der Waals surface area contributed by atoms with Crippen molar-refractivity contribution < 1.29 is 13.5 Å². The Bertz CT molecular complexity index is 344. The molecule has 0 saturated heterocycles. The van der Waals surface area contributed by atoms with Crippen molar-refractivity contribution >= 4 is 0 Å². The molecule has 1 N–H and O–H groups in total. The highest BCUT2D eigenvalue weighted by Crippen LogP contribution is 2.14. The van der Waals surface area contributed by atoms with Crippen LogP contribution in [0.4, 0.5) is 8.78 Å². The van der Waals surface area contributed by atoms with E-state index in [1.807, 2.05) is 6.92 Å². The second kappa shape index (κ2) is 7.35. The molecule has 1 aromatic carbocycles. The zero-order valence-electron chi connectivity index (χ0n) is 10.3. The second-order valence-electron chi connectivity index (χ2n) is 4.24. The Kier molecular flexibility index (Phi) is 6.08. The lowest BCUT2D eigenvalue weighted by atomic mass is 10.0. The quantitative estimate of drug-likeness (QED) is 0.742. The van der Waals surface area contributed by atoms with Crippen LogP contribution in [-0.4, -0.2) is 26.8 Å². The van der Waals surface area contributed by atoms with Crippen LogP contribution in [0.2, 0.25) is 0 Å². The van der Waals surface area contributed by atoms with Gasteiger partial charge in [0.05, 0.1) is 6.61 Å². The highest BCUT2D eigenvalue weighted by Gasteiger charge is 2.08. The van der Waals surface area contributed by atoms with Gasteiger partial charge in [0.2, 0.25) is 0 Å². The summed E-state index contributed by atoms with van der Waals surface area (Å²) in [5, 5.41) is 3.20. The summed E-state index contributed by atoms with van der Waals surface area (Å²) in [5.41, 5.74) is 0.436. The molecule has 1 atom stereocenters. The average molecular weight is 243 g/mol. The van der Waals surface area contributed by atoms with Crippen LogP contribution in [0, 0.1) is 17.6 Å². The van der Waals surface area contributed by atoms with Crippen LogP contribution in [0.25, 0.3) is 0 Å². The highest BCUT2D eigenvalue weighted by molar-refractivity contribution is 5.19. The molecule has 96 valence electrons. The number of methoxy groups -OCH3 is 1. The van der Waals surface area contributed by atoms with Crippen molar-refractivity contribution in [3.05, 3.63) is 35.4 Å². The number of hydrogen-bond acceptors (Lipinski definition) is 2. The molecule has 1 aromatic rings. The van der Waals surface area contributed by atoms with Gasteiger partial charge >= 0.3 is 0 Å². The van der Waals surface area contributed by atoms with Gasteiger partial charge in [0.25, 0.3) is 0 Å². The number of benzene rings is 1. The molecule has 0 heterocycles. The van der Waals surface area contributed by atoms with E-state index in [-0.39, 0.29) is 17.6 Å². The molecule has 0 aliphatic heterocycles. The molecule has 1 unspecified atom stereocenters. The molecule has 17 heavy (non-hydrogen) atoms.